The molecule has 2 rings (SSSR count). The van der Waals surface area contributed by atoms with E-state index in [9.17, 15) is 8.78 Å². The van der Waals surface area contributed by atoms with Gasteiger partial charge in [0.15, 0.2) is 0 Å². The molecule has 1 N–H and O–H groups in total. The molecule has 1 heterocycles. The van der Waals surface area contributed by atoms with Gasteiger partial charge in [-0.05, 0) is 32.3 Å². The van der Waals surface area contributed by atoms with Gasteiger partial charge in [-0.25, -0.2) is 8.78 Å². The van der Waals surface area contributed by atoms with Crippen molar-refractivity contribution in [3.63, 3.8) is 0 Å². The van der Waals surface area contributed by atoms with Gasteiger partial charge in [0.2, 0.25) is 0 Å². The zero-order valence-corrected chi connectivity index (χ0v) is 10.6. The summed E-state index contributed by atoms with van der Waals surface area (Å²) in [5, 5.41) is 3.02. The highest BCUT2D eigenvalue weighted by Crippen LogP contribution is 2.24. The van der Waals surface area contributed by atoms with Gasteiger partial charge in [0.25, 0.3) is 0 Å². The molecular weight excluding hydrogens is 238 g/mol. The first kappa shape index (κ1) is 13.4. The average molecular weight is 256 g/mol. The maximum atomic E-state index is 13.8. The van der Waals surface area contributed by atoms with E-state index >= 15 is 0 Å². The van der Waals surface area contributed by atoms with Gasteiger partial charge < -0.3 is 15.0 Å². The highest BCUT2D eigenvalue weighted by molar-refractivity contribution is 5.23. The fraction of sp³-hybridized carbons (Fsp3) is 0.538. The molecule has 1 saturated heterocycles. The second-order valence-corrected chi connectivity index (χ2v) is 4.60. The van der Waals surface area contributed by atoms with Crippen molar-refractivity contribution in [3.8, 4) is 0 Å². The normalized spacial score (nSPS) is 23.0. The van der Waals surface area contributed by atoms with E-state index < -0.39 is 11.6 Å². The molecule has 0 amide bonds. The van der Waals surface area contributed by atoms with Crippen LogP contribution in [0, 0.1) is 11.6 Å². The van der Waals surface area contributed by atoms with Crippen LogP contribution in [-0.4, -0.2) is 44.8 Å². The van der Waals surface area contributed by atoms with Crippen molar-refractivity contribution in [1.82, 2.24) is 10.2 Å². The third-order valence-electron chi connectivity index (χ3n) is 3.27. The molecule has 1 aliphatic heterocycles. The first-order valence-electron chi connectivity index (χ1n) is 6.04. The van der Waals surface area contributed by atoms with Crippen molar-refractivity contribution >= 4 is 0 Å². The molecule has 0 radical (unpaired) electrons. The number of morpholine rings is 1. The lowest BCUT2D eigenvalue weighted by molar-refractivity contribution is -0.0386. The van der Waals surface area contributed by atoms with Crippen LogP contribution < -0.4 is 5.32 Å². The number of rotatable bonds is 3. The Hall–Kier alpha value is -1.04. The standard InChI is InChI=1S/C13H18F2N2O/c1-16-13(12-8-17(2)5-6-18-12)10-7-9(14)3-4-11(10)15/h3-4,7,12-13,16H,5-6,8H2,1-2H3. The van der Waals surface area contributed by atoms with E-state index in [4.69, 9.17) is 4.74 Å². The third-order valence-corrected chi connectivity index (χ3v) is 3.27. The SMILES string of the molecule is CNC(c1cc(F)ccc1F)C1CN(C)CCO1. The lowest BCUT2D eigenvalue weighted by Gasteiger charge is -2.35. The highest BCUT2D eigenvalue weighted by atomic mass is 19.1. The van der Waals surface area contributed by atoms with Gasteiger partial charge in [-0.3, -0.25) is 0 Å². The van der Waals surface area contributed by atoms with Crippen LogP contribution >= 0.6 is 0 Å². The molecule has 0 saturated carbocycles. The van der Waals surface area contributed by atoms with E-state index in [1.54, 1.807) is 7.05 Å². The average Bonchev–Trinajstić information content (AvgIpc) is 2.35. The lowest BCUT2D eigenvalue weighted by atomic mass is 9.99. The monoisotopic (exact) mass is 256 g/mol. The third kappa shape index (κ3) is 2.85. The van der Waals surface area contributed by atoms with Crippen molar-refractivity contribution in [2.45, 2.75) is 12.1 Å². The smallest absolute Gasteiger partial charge is 0.128 e. The fourth-order valence-corrected chi connectivity index (χ4v) is 2.31. The maximum Gasteiger partial charge on any atom is 0.128 e. The van der Waals surface area contributed by atoms with Crippen LogP contribution in [0.5, 0.6) is 0 Å². The van der Waals surface area contributed by atoms with Gasteiger partial charge in [-0.2, -0.15) is 0 Å². The van der Waals surface area contributed by atoms with Crippen molar-refractivity contribution in [2.75, 3.05) is 33.8 Å². The summed E-state index contributed by atoms with van der Waals surface area (Å²) in [5.41, 5.74) is 0.317. The molecule has 2 atom stereocenters. The number of ether oxygens (including phenoxy) is 1. The quantitative estimate of drug-likeness (QED) is 0.888. The minimum atomic E-state index is -0.434. The van der Waals surface area contributed by atoms with Gasteiger partial charge in [-0.1, -0.05) is 0 Å². The summed E-state index contributed by atoms with van der Waals surface area (Å²) < 4.78 is 32.7. The zero-order valence-electron chi connectivity index (χ0n) is 10.6. The van der Waals surface area contributed by atoms with E-state index in [0.717, 1.165) is 18.7 Å². The largest absolute Gasteiger partial charge is 0.374 e. The number of likely N-dealkylation sites (N-methyl/N-ethyl adjacent to an activating group) is 2. The molecule has 0 bridgehead atoms. The number of nitrogens with zero attached hydrogens (tertiary/aromatic N) is 1. The summed E-state index contributed by atoms with van der Waals surface area (Å²) in [7, 11) is 3.72. The van der Waals surface area contributed by atoms with Crippen LogP contribution in [0.3, 0.4) is 0 Å². The summed E-state index contributed by atoms with van der Waals surface area (Å²) in [6, 6.07) is 3.17. The number of benzene rings is 1. The Bertz CT molecular complexity index is 414. The Morgan fingerprint density at radius 3 is 2.89 bits per heavy atom. The van der Waals surface area contributed by atoms with Crippen LogP contribution in [0.25, 0.3) is 0 Å². The Kier molecular flexibility index (Phi) is 4.27. The zero-order chi connectivity index (χ0) is 13.1. The fourth-order valence-electron chi connectivity index (χ4n) is 2.31. The topological polar surface area (TPSA) is 24.5 Å². The number of hydrogen-bond donors (Lipinski definition) is 1. The summed E-state index contributed by atoms with van der Waals surface area (Å²) in [6.45, 7) is 2.16. The second-order valence-electron chi connectivity index (χ2n) is 4.60. The van der Waals surface area contributed by atoms with Gasteiger partial charge in [0.1, 0.15) is 11.6 Å². The lowest BCUT2D eigenvalue weighted by Crippen LogP contribution is -2.46. The van der Waals surface area contributed by atoms with Crippen LogP contribution in [0.4, 0.5) is 8.78 Å². The van der Waals surface area contributed by atoms with Crippen molar-refractivity contribution in [1.29, 1.82) is 0 Å². The predicted molar refractivity (Wildman–Crippen MR) is 65.4 cm³/mol. The minimum absolute atomic E-state index is 0.176. The van der Waals surface area contributed by atoms with E-state index in [-0.39, 0.29) is 12.1 Å². The van der Waals surface area contributed by atoms with Gasteiger partial charge in [-0.15, -0.1) is 0 Å². The second kappa shape index (κ2) is 5.73. The van der Waals surface area contributed by atoms with Crippen LogP contribution in [0.1, 0.15) is 11.6 Å². The highest BCUT2D eigenvalue weighted by Gasteiger charge is 2.29. The molecule has 3 nitrogen and oxygen atoms in total. The summed E-state index contributed by atoms with van der Waals surface area (Å²) in [6.07, 6.45) is -0.176. The number of hydrogen-bond acceptors (Lipinski definition) is 3. The number of nitrogens with one attached hydrogen (secondary N) is 1. The molecule has 1 aliphatic rings. The molecule has 1 aromatic rings. The summed E-state index contributed by atoms with van der Waals surface area (Å²) in [4.78, 5) is 2.12. The molecule has 2 unspecified atom stereocenters. The van der Waals surface area contributed by atoms with Crippen LogP contribution in [0.15, 0.2) is 18.2 Å². The van der Waals surface area contributed by atoms with Gasteiger partial charge >= 0.3 is 0 Å². The first-order valence-corrected chi connectivity index (χ1v) is 6.04. The van der Waals surface area contributed by atoms with Crippen molar-refractivity contribution < 1.29 is 13.5 Å². The van der Waals surface area contributed by atoms with Crippen molar-refractivity contribution in [2.24, 2.45) is 0 Å². The van der Waals surface area contributed by atoms with E-state index in [0.29, 0.717) is 18.7 Å². The molecule has 1 aromatic carbocycles. The molecule has 0 spiro atoms. The van der Waals surface area contributed by atoms with E-state index in [2.05, 4.69) is 10.2 Å². The molecule has 0 aromatic heterocycles. The molecule has 18 heavy (non-hydrogen) atoms. The van der Waals surface area contributed by atoms with Gasteiger partial charge in [0.05, 0.1) is 18.8 Å². The molecule has 100 valence electrons. The Labute approximate surface area is 106 Å². The Morgan fingerprint density at radius 2 is 2.22 bits per heavy atom. The molecule has 1 fully saturated rings. The van der Waals surface area contributed by atoms with E-state index in [1.165, 1.54) is 6.07 Å². The first-order chi connectivity index (χ1) is 8.61. The Morgan fingerprint density at radius 1 is 1.44 bits per heavy atom. The summed E-state index contributed by atoms with van der Waals surface area (Å²) >= 11 is 0. The van der Waals surface area contributed by atoms with E-state index in [1.807, 2.05) is 7.05 Å². The molecule has 5 heteroatoms. The predicted octanol–water partition coefficient (Wildman–Crippen LogP) is 1.56. The number of halogens is 2. The van der Waals surface area contributed by atoms with Gasteiger partial charge in [0, 0.05) is 18.7 Å². The summed E-state index contributed by atoms with van der Waals surface area (Å²) in [5.74, 6) is -0.844. The molecule has 0 aliphatic carbocycles. The van der Waals surface area contributed by atoms with Crippen LogP contribution in [0.2, 0.25) is 0 Å². The van der Waals surface area contributed by atoms with Crippen molar-refractivity contribution in [3.05, 3.63) is 35.4 Å². The minimum Gasteiger partial charge on any atom is -0.374 e. The Balaban J connectivity index is 2.24. The molecular formula is C13H18F2N2O. The van der Waals surface area contributed by atoms with Crippen LogP contribution in [-0.2, 0) is 4.74 Å². The maximum absolute atomic E-state index is 13.8.